The number of hydrogen-bond donors (Lipinski definition) is 1. The maximum absolute atomic E-state index is 13.2. The minimum atomic E-state index is -1.02. The van der Waals surface area contributed by atoms with Crippen LogP contribution in [0, 0.1) is 18.8 Å². The molecule has 1 N–H and O–H groups in total. The second-order valence-corrected chi connectivity index (χ2v) is 7.41. The molecule has 0 aromatic heterocycles. The second-order valence-electron chi connectivity index (χ2n) is 7.41. The Kier molecular flexibility index (Phi) is 2.51. The number of rotatable bonds is 0. The van der Waals surface area contributed by atoms with Crippen molar-refractivity contribution in [3.05, 3.63) is 29.3 Å². The van der Waals surface area contributed by atoms with Crippen molar-refractivity contribution in [2.24, 2.45) is 11.8 Å². The SMILES string of the molecule is Cc1ccc2c(c1)[C@]1(C(=O)N2)[C@@H]2C(=O)N(C)C(=O)[C@@H]2[C@@H]2CCCN21. The second kappa shape index (κ2) is 4.25. The Labute approximate surface area is 139 Å². The zero-order valence-electron chi connectivity index (χ0n) is 13.7. The first kappa shape index (κ1) is 14.2. The Bertz CT molecular complexity index is 820. The van der Waals surface area contributed by atoms with E-state index in [-0.39, 0.29) is 23.8 Å². The van der Waals surface area contributed by atoms with Crippen molar-refractivity contribution in [3.8, 4) is 0 Å². The van der Waals surface area contributed by atoms with Crippen molar-refractivity contribution in [3.63, 3.8) is 0 Å². The molecule has 5 rings (SSSR count). The number of nitrogens with zero attached hydrogens (tertiary/aromatic N) is 2. The number of carbonyl (C=O) groups is 3. The summed E-state index contributed by atoms with van der Waals surface area (Å²) in [4.78, 5) is 42.2. The minimum absolute atomic E-state index is 0.0198. The molecule has 0 aliphatic carbocycles. The van der Waals surface area contributed by atoms with E-state index in [0.29, 0.717) is 0 Å². The van der Waals surface area contributed by atoms with Crippen LogP contribution in [0.3, 0.4) is 0 Å². The van der Waals surface area contributed by atoms with Gasteiger partial charge >= 0.3 is 0 Å². The fourth-order valence-corrected chi connectivity index (χ4v) is 5.46. The molecule has 4 aliphatic rings. The summed E-state index contributed by atoms with van der Waals surface area (Å²) < 4.78 is 0. The first-order valence-electron chi connectivity index (χ1n) is 8.48. The van der Waals surface area contributed by atoms with Gasteiger partial charge in [-0.3, -0.25) is 24.2 Å². The predicted molar refractivity (Wildman–Crippen MR) is 86.0 cm³/mol. The number of likely N-dealkylation sites (tertiary alicyclic amines) is 1. The van der Waals surface area contributed by atoms with E-state index in [1.54, 1.807) is 7.05 Å². The summed E-state index contributed by atoms with van der Waals surface area (Å²) in [5.41, 5.74) is 1.66. The van der Waals surface area contributed by atoms with Gasteiger partial charge in [0.1, 0.15) is 5.54 Å². The van der Waals surface area contributed by atoms with Gasteiger partial charge in [0.15, 0.2) is 0 Å². The number of hydrogen-bond acceptors (Lipinski definition) is 4. The van der Waals surface area contributed by atoms with Gasteiger partial charge in [0.2, 0.25) is 17.7 Å². The molecule has 6 heteroatoms. The zero-order valence-corrected chi connectivity index (χ0v) is 13.7. The third kappa shape index (κ3) is 1.32. The molecule has 0 saturated carbocycles. The number of anilines is 1. The summed E-state index contributed by atoms with van der Waals surface area (Å²) in [6, 6.07) is 5.84. The van der Waals surface area contributed by atoms with Crippen LogP contribution in [0.4, 0.5) is 5.69 Å². The lowest BCUT2D eigenvalue weighted by atomic mass is 9.75. The summed E-state index contributed by atoms with van der Waals surface area (Å²) in [5.74, 6) is -1.51. The molecule has 4 atom stereocenters. The molecule has 124 valence electrons. The topological polar surface area (TPSA) is 69.7 Å². The molecule has 1 spiro atoms. The first-order chi connectivity index (χ1) is 11.5. The van der Waals surface area contributed by atoms with Gasteiger partial charge in [0, 0.05) is 24.3 Å². The third-order valence-electron chi connectivity index (χ3n) is 6.37. The monoisotopic (exact) mass is 325 g/mol. The fraction of sp³-hybridized carbons (Fsp3) is 0.500. The molecule has 0 radical (unpaired) electrons. The highest BCUT2D eigenvalue weighted by molar-refractivity contribution is 6.15. The largest absolute Gasteiger partial charge is 0.324 e. The quantitative estimate of drug-likeness (QED) is 0.718. The molecule has 24 heavy (non-hydrogen) atoms. The van der Waals surface area contributed by atoms with E-state index in [1.807, 2.05) is 25.1 Å². The van der Waals surface area contributed by atoms with Crippen molar-refractivity contribution >= 4 is 23.4 Å². The van der Waals surface area contributed by atoms with Gasteiger partial charge < -0.3 is 5.32 Å². The van der Waals surface area contributed by atoms with E-state index in [4.69, 9.17) is 0 Å². The maximum atomic E-state index is 13.2. The minimum Gasteiger partial charge on any atom is -0.324 e. The number of imide groups is 1. The Hall–Kier alpha value is -2.21. The van der Waals surface area contributed by atoms with Crippen LogP contribution >= 0.6 is 0 Å². The number of fused-ring (bicyclic) bond motifs is 7. The van der Waals surface area contributed by atoms with Crippen molar-refractivity contribution in [2.75, 3.05) is 18.9 Å². The number of aryl methyl sites for hydroxylation is 1. The van der Waals surface area contributed by atoms with Gasteiger partial charge in [0.25, 0.3) is 0 Å². The standard InChI is InChI=1S/C18H19N3O3/c1-9-5-6-11-10(8-9)18(17(24)19-11)14-13(12-4-3-7-21(12)18)15(22)20(2)16(14)23/h5-6,8,12-14H,3-4,7H2,1-2H3,(H,19,24)/t12-,13+,14-,18+/m0/s1. The van der Waals surface area contributed by atoms with Crippen LogP contribution in [0.25, 0.3) is 0 Å². The Morgan fingerprint density at radius 2 is 2.00 bits per heavy atom. The Balaban J connectivity index is 1.81. The molecule has 3 fully saturated rings. The molecule has 1 aromatic carbocycles. The van der Waals surface area contributed by atoms with Crippen molar-refractivity contribution < 1.29 is 14.4 Å². The average molecular weight is 325 g/mol. The van der Waals surface area contributed by atoms with E-state index in [0.717, 1.165) is 36.2 Å². The van der Waals surface area contributed by atoms with Gasteiger partial charge in [0.05, 0.1) is 11.8 Å². The predicted octanol–water partition coefficient (Wildman–Crippen LogP) is 0.851. The fourth-order valence-electron chi connectivity index (χ4n) is 5.46. The van der Waals surface area contributed by atoms with Crippen LogP contribution in [0.15, 0.2) is 18.2 Å². The molecule has 3 saturated heterocycles. The van der Waals surface area contributed by atoms with Gasteiger partial charge in [-0.1, -0.05) is 17.7 Å². The van der Waals surface area contributed by atoms with Crippen LogP contribution in [-0.2, 0) is 19.9 Å². The van der Waals surface area contributed by atoms with E-state index in [1.165, 1.54) is 4.90 Å². The lowest BCUT2D eigenvalue weighted by molar-refractivity contribution is -0.144. The van der Waals surface area contributed by atoms with E-state index < -0.39 is 17.4 Å². The number of amides is 3. The zero-order chi connectivity index (χ0) is 16.8. The molecule has 3 amide bonds. The summed E-state index contributed by atoms with van der Waals surface area (Å²) in [6.07, 6.45) is 1.82. The van der Waals surface area contributed by atoms with Gasteiger partial charge in [-0.15, -0.1) is 0 Å². The molecule has 1 aromatic rings. The average Bonchev–Trinajstić information content (AvgIpc) is 3.24. The van der Waals surface area contributed by atoms with Crippen molar-refractivity contribution in [1.82, 2.24) is 9.80 Å². The molecule has 6 nitrogen and oxygen atoms in total. The highest BCUT2D eigenvalue weighted by Gasteiger charge is 2.74. The van der Waals surface area contributed by atoms with Crippen LogP contribution in [-0.4, -0.2) is 47.2 Å². The number of benzene rings is 1. The van der Waals surface area contributed by atoms with Gasteiger partial charge in [-0.2, -0.15) is 0 Å². The van der Waals surface area contributed by atoms with Gasteiger partial charge in [-0.05, 0) is 32.4 Å². The molecule has 0 unspecified atom stereocenters. The normalized spacial score (nSPS) is 37.2. The lowest BCUT2D eigenvalue weighted by Crippen LogP contribution is -2.53. The number of nitrogens with one attached hydrogen (secondary N) is 1. The molecular weight excluding hydrogens is 306 g/mol. The van der Waals surface area contributed by atoms with Crippen LogP contribution in [0.5, 0.6) is 0 Å². The number of carbonyl (C=O) groups excluding carboxylic acids is 3. The molecular formula is C18H19N3O3. The van der Waals surface area contributed by atoms with Gasteiger partial charge in [-0.25, -0.2) is 0 Å². The Morgan fingerprint density at radius 1 is 1.21 bits per heavy atom. The summed E-state index contributed by atoms with van der Waals surface area (Å²) in [7, 11) is 1.54. The van der Waals surface area contributed by atoms with Crippen molar-refractivity contribution in [2.45, 2.75) is 31.3 Å². The van der Waals surface area contributed by atoms with Crippen molar-refractivity contribution in [1.29, 1.82) is 0 Å². The molecule has 4 aliphatic heterocycles. The molecule has 0 bridgehead atoms. The van der Waals surface area contributed by atoms with Crippen LogP contribution < -0.4 is 5.32 Å². The third-order valence-corrected chi connectivity index (χ3v) is 6.37. The first-order valence-corrected chi connectivity index (χ1v) is 8.48. The van der Waals surface area contributed by atoms with E-state index in [2.05, 4.69) is 10.2 Å². The lowest BCUT2D eigenvalue weighted by Gasteiger charge is -2.36. The maximum Gasteiger partial charge on any atom is 0.250 e. The smallest absolute Gasteiger partial charge is 0.250 e. The Morgan fingerprint density at radius 3 is 2.79 bits per heavy atom. The van der Waals surface area contributed by atoms with E-state index in [9.17, 15) is 14.4 Å². The highest BCUT2D eigenvalue weighted by atomic mass is 16.2. The highest BCUT2D eigenvalue weighted by Crippen LogP contribution is 2.60. The summed E-state index contributed by atoms with van der Waals surface area (Å²) >= 11 is 0. The van der Waals surface area contributed by atoms with Crippen LogP contribution in [0.1, 0.15) is 24.0 Å². The summed E-state index contributed by atoms with van der Waals surface area (Å²) in [6.45, 7) is 2.74. The molecule has 4 heterocycles. The van der Waals surface area contributed by atoms with Crippen LogP contribution in [0.2, 0.25) is 0 Å². The summed E-state index contributed by atoms with van der Waals surface area (Å²) in [5, 5.41) is 2.97. The van der Waals surface area contributed by atoms with E-state index >= 15 is 0 Å².